The maximum Gasteiger partial charge on any atom is 0.422 e. The van der Waals surface area contributed by atoms with Crippen LogP contribution in [-0.2, 0) is 9.53 Å². The minimum atomic E-state index is -4.54. The van der Waals surface area contributed by atoms with E-state index in [2.05, 4.69) is 23.9 Å². The molecule has 2 rings (SSSR count). The minimum Gasteiger partial charge on any atom is -0.440 e. The molecule has 0 saturated carbocycles. The van der Waals surface area contributed by atoms with E-state index in [9.17, 15) is 22.8 Å². The first-order valence-electron chi connectivity index (χ1n) is 8.55. The molecular formula is C18H23F3N2O3. The molecular weight excluding hydrogens is 349 g/mol. The average Bonchev–Trinajstić information content (AvgIpc) is 2.59. The lowest BCUT2D eigenvalue weighted by molar-refractivity contribution is -0.162. The largest absolute Gasteiger partial charge is 0.440 e. The van der Waals surface area contributed by atoms with Crippen molar-refractivity contribution in [3.8, 4) is 0 Å². The summed E-state index contributed by atoms with van der Waals surface area (Å²) in [5.74, 6) is -0.0867. The number of anilines is 1. The Hall–Kier alpha value is -2.25. The second-order valence-electron chi connectivity index (χ2n) is 6.70. The van der Waals surface area contributed by atoms with Crippen LogP contribution >= 0.6 is 0 Å². The Kier molecular flexibility index (Phi) is 6.50. The van der Waals surface area contributed by atoms with Crippen LogP contribution in [-0.4, -0.2) is 42.8 Å². The van der Waals surface area contributed by atoms with Crippen LogP contribution in [0.2, 0.25) is 0 Å². The van der Waals surface area contributed by atoms with E-state index >= 15 is 0 Å². The Morgan fingerprint density at radius 1 is 1.27 bits per heavy atom. The van der Waals surface area contributed by atoms with E-state index in [-0.39, 0.29) is 24.9 Å². The van der Waals surface area contributed by atoms with E-state index in [4.69, 9.17) is 0 Å². The van der Waals surface area contributed by atoms with Gasteiger partial charge in [-0.25, -0.2) is 4.79 Å². The molecule has 1 aliphatic heterocycles. The molecule has 0 bridgehead atoms. The highest BCUT2D eigenvalue weighted by molar-refractivity contribution is 5.92. The van der Waals surface area contributed by atoms with Gasteiger partial charge in [0.1, 0.15) is 0 Å². The van der Waals surface area contributed by atoms with Gasteiger partial charge in [-0.3, -0.25) is 4.79 Å². The lowest BCUT2D eigenvalue weighted by Gasteiger charge is -2.30. The first-order chi connectivity index (χ1) is 12.2. The number of nitrogens with one attached hydrogen (secondary N) is 1. The second-order valence-corrected chi connectivity index (χ2v) is 6.70. The van der Waals surface area contributed by atoms with Gasteiger partial charge in [-0.2, -0.15) is 13.2 Å². The molecule has 5 nitrogen and oxygen atoms in total. The monoisotopic (exact) mass is 372 g/mol. The molecule has 1 aromatic rings. The van der Waals surface area contributed by atoms with Gasteiger partial charge in [0.05, 0.1) is 0 Å². The molecule has 8 heteroatoms. The predicted molar refractivity (Wildman–Crippen MR) is 90.9 cm³/mol. The molecule has 0 spiro atoms. The van der Waals surface area contributed by atoms with Crippen molar-refractivity contribution in [2.45, 2.75) is 38.8 Å². The van der Waals surface area contributed by atoms with Gasteiger partial charge >= 0.3 is 12.3 Å². The highest BCUT2D eigenvalue weighted by atomic mass is 19.4. The average molecular weight is 372 g/mol. The van der Waals surface area contributed by atoms with Crippen molar-refractivity contribution < 1.29 is 27.5 Å². The van der Waals surface area contributed by atoms with Crippen molar-refractivity contribution in [3.05, 3.63) is 29.8 Å². The number of likely N-dealkylation sites (tertiary alicyclic amines) is 1. The lowest BCUT2D eigenvalue weighted by Crippen LogP contribution is -2.42. The normalized spacial score (nSPS) is 15.8. The molecule has 0 radical (unpaired) electrons. The molecule has 144 valence electrons. The SMILES string of the molecule is CC(C)c1cccc(NC(=O)C2CCN(C(=O)OCC(F)(F)F)CC2)c1. The van der Waals surface area contributed by atoms with E-state index in [1.165, 1.54) is 4.90 Å². The summed E-state index contributed by atoms with van der Waals surface area (Å²) in [7, 11) is 0. The van der Waals surface area contributed by atoms with Crippen molar-refractivity contribution in [3.63, 3.8) is 0 Å². The van der Waals surface area contributed by atoms with Gasteiger partial charge < -0.3 is 15.0 Å². The van der Waals surface area contributed by atoms with Crippen LogP contribution in [0.15, 0.2) is 24.3 Å². The third-order valence-corrected chi connectivity index (χ3v) is 4.30. The summed E-state index contributed by atoms with van der Waals surface area (Å²) in [6, 6.07) is 7.61. The van der Waals surface area contributed by atoms with Crippen LogP contribution in [0, 0.1) is 5.92 Å². The Morgan fingerprint density at radius 2 is 1.92 bits per heavy atom. The van der Waals surface area contributed by atoms with E-state index in [1.807, 2.05) is 24.3 Å². The molecule has 0 unspecified atom stereocenters. The molecule has 26 heavy (non-hydrogen) atoms. The molecule has 1 aromatic carbocycles. The van der Waals surface area contributed by atoms with Gasteiger partial charge in [0.15, 0.2) is 6.61 Å². The molecule has 2 amide bonds. The number of piperidine rings is 1. The van der Waals surface area contributed by atoms with Gasteiger partial charge in [0, 0.05) is 24.7 Å². The van der Waals surface area contributed by atoms with E-state index in [0.29, 0.717) is 24.4 Å². The third-order valence-electron chi connectivity index (χ3n) is 4.30. The van der Waals surface area contributed by atoms with E-state index < -0.39 is 18.9 Å². The Balaban J connectivity index is 1.83. The summed E-state index contributed by atoms with van der Waals surface area (Å²) in [5, 5.41) is 2.87. The number of halogens is 3. The van der Waals surface area contributed by atoms with Crippen LogP contribution in [0.1, 0.15) is 38.2 Å². The predicted octanol–water partition coefficient (Wildman–Crippen LogP) is 4.16. The number of carbonyl (C=O) groups excluding carboxylic acids is 2. The number of ether oxygens (including phenoxy) is 1. The fourth-order valence-electron chi connectivity index (χ4n) is 2.78. The quantitative estimate of drug-likeness (QED) is 0.863. The molecule has 1 fully saturated rings. The number of amides is 2. The van der Waals surface area contributed by atoms with Gasteiger partial charge in [-0.05, 0) is 36.5 Å². The Bertz CT molecular complexity index is 639. The summed E-state index contributed by atoms with van der Waals surface area (Å²) in [6.45, 7) is 2.92. The maximum absolute atomic E-state index is 12.4. The maximum atomic E-state index is 12.4. The molecule has 0 aliphatic carbocycles. The number of carbonyl (C=O) groups is 2. The topological polar surface area (TPSA) is 58.6 Å². The van der Waals surface area contributed by atoms with Crippen molar-refractivity contribution in [2.24, 2.45) is 5.92 Å². The highest BCUT2D eigenvalue weighted by Gasteiger charge is 2.32. The zero-order chi connectivity index (χ0) is 19.3. The van der Waals surface area contributed by atoms with Crippen molar-refractivity contribution in [1.82, 2.24) is 4.90 Å². The lowest BCUT2D eigenvalue weighted by atomic mass is 9.96. The van der Waals surface area contributed by atoms with Crippen molar-refractivity contribution in [1.29, 1.82) is 0 Å². The summed E-state index contributed by atoms with van der Waals surface area (Å²) in [6.07, 6.45) is -4.77. The molecule has 1 saturated heterocycles. The van der Waals surface area contributed by atoms with E-state index in [1.54, 1.807) is 0 Å². The second kappa shape index (κ2) is 8.42. The number of rotatable bonds is 4. The highest BCUT2D eigenvalue weighted by Crippen LogP contribution is 2.23. The van der Waals surface area contributed by atoms with Crippen molar-refractivity contribution in [2.75, 3.05) is 25.0 Å². The fraction of sp³-hybridized carbons (Fsp3) is 0.556. The first kappa shape index (κ1) is 20.1. The summed E-state index contributed by atoms with van der Waals surface area (Å²) in [4.78, 5) is 25.2. The van der Waals surface area contributed by atoms with Crippen molar-refractivity contribution >= 4 is 17.7 Å². The Labute approximate surface area is 150 Å². The summed E-state index contributed by atoms with van der Waals surface area (Å²) < 4.78 is 40.5. The molecule has 1 heterocycles. The number of benzene rings is 1. The van der Waals surface area contributed by atoms with Crippen LogP contribution < -0.4 is 5.32 Å². The summed E-state index contributed by atoms with van der Waals surface area (Å²) >= 11 is 0. The number of nitrogens with zero attached hydrogens (tertiary/aromatic N) is 1. The van der Waals surface area contributed by atoms with Crippen LogP contribution in [0.25, 0.3) is 0 Å². The van der Waals surface area contributed by atoms with Crippen LogP contribution in [0.5, 0.6) is 0 Å². The number of hydrogen-bond donors (Lipinski definition) is 1. The van der Waals surface area contributed by atoms with Gasteiger partial charge in [-0.1, -0.05) is 26.0 Å². The zero-order valence-corrected chi connectivity index (χ0v) is 14.8. The van der Waals surface area contributed by atoms with Crippen LogP contribution in [0.3, 0.4) is 0 Å². The first-order valence-corrected chi connectivity index (χ1v) is 8.55. The van der Waals surface area contributed by atoms with Gasteiger partial charge in [0.25, 0.3) is 0 Å². The zero-order valence-electron chi connectivity index (χ0n) is 14.8. The molecule has 1 N–H and O–H groups in total. The van der Waals surface area contributed by atoms with Gasteiger partial charge in [-0.15, -0.1) is 0 Å². The van der Waals surface area contributed by atoms with Gasteiger partial charge in [0.2, 0.25) is 5.91 Å². The number of hydrogen-bond acceptors (Lipinski definition) is 3. The minimum absolute atomic E-state index is 0.144. The number of alkyl halides is 3. The van der Waals surface area contributed by atoms with E-state index in [0.717, 1.165) is 5.56 Å². The molecule has 0 aromatic heterocycles. The fourth-order valence-corrected chi connectivity index (χ4v) is 2.78. The molecule has 1 aliphatic rings. The summed E-state index contributed by atoms with van der Waals surface area (Å²) in [5.41, 5.74) is 1.83. The standard InChI is InChI=1S/C18H23F3N2O3/c1-12(2)14-4-3-5-15(10-14)22-16(24)13-6-8-23(9-7-13)17(25)26-11-18(19,20)21/h3-5,10,12-13H,6-9,11H2,1-2H3,(H,22,24). The third kappa shape index (κ3) is 5.93. The van der Waals surface area contributed by atoms with Crippen LogP contribution in [0.4, 0.5) is 23.7 Å². The smallest absolute Gasteiger partial charge is 0.422 e. The molecule has 0 atom stereocenters. The Morgan fingerprint density at radius 3 is 2.50 bits per heavy atom.